The summed E-state index contributed by atoms with van der Waals surface area (Å²) in [7, 11) is 0. The molecule has 0 bridgehead atoms. The summed E-state index contributed by atoms with van der Waals surface area (Å²) in [5.74, 6) is 1.12. The van der Waals surface area contributed by atoms with Crippen LogP contribution < -0.4 is 16.0 Å². The summed E-state index contributed by atoms with van der Waals surface area (Å²) in [4.78, 5) is 16.0. The quantitative estimate of drug-likeness (QED) is 0.530. The molecular weight excluding hydrogens is 284 g/mol. The standard InChI is InChI=1S/C15H24N4OS/c1-3-16-15(18-9-14(20)19-13-4-5-13)17-8-11(2)12-6-7-21-10-12/h6-7,10-11,13H,3-5,8-9H2,1-2H3,(H,19,20)(H2,16,17,18). The molecule has 1 unspecified atom stereocenters. The van der Waals surface area contributed by atoms with Crippen LogP contribution in [0.3, 0.4) is 0 Å². The van der Waals surface area contributed by atoms with Gasteiger partial charge in [0, 0.05) is 19.1 Å². The topological polar surface area (TPSA) is 65.5 Å². The van der Waals surface area contributed by atoms with Crippen LogP contribution in [0.1, 0.15) is 38.2 Å². The number of nitrogens with one attached hydrogen (secondary N) is 3. The Hall–Kier alpha value is -1.56. The van der Waals surface area contributed by atoms with Crippen molar-refractivity contribution in [2.45, 2.75) is 38.6 Å². The molecule has 0 radical (unpaired) electrons. The van der Waals surface area contributed by atoms with E-state index in [1.807, 2.05) is 6.92 Å². The molecule has 1 heterocycles. The molecule has 1 aromatic rings. The smallest absolute Gasteiger partial charge is 0.242 e. The molecule has 0 aliphatic heterocycles. The SMILES string of the molecule is CCNC(=NCC(=O)NC1CC1)NCC(C)c1ccsc1. The van der Waals surface area contributed by atoms with Crippen LogP contribution in [-0.2, 0) is 4.79 Å². The van der Waals surface area contributed by atoms with Gasteiger partial charge in [-0.2, -0.15) is 11.3 Å². The molecule has 1 aliphatic carbocycles. The fourth-order valence-corrected chi connectivity index (χ4v) is 2.70. The zero-order valence-electron chi connectivity index (χ0n) is 12.7. The molecule has 1 saturated carbocycles. The number of hydrogen-bond donors (Lipinski definition) is 3. The Balaban J connectivity index is 1.78. The van der Waals surface area contributed by atoms with Gasteiger partial charge in [-0.05, 0) is 48.1 Å². The Morgan fingerprint density at radius 2 is 2.29 bits per heavy atom. The van der Waals surface area contributed by atoms with E-state index in [0.717, 1.165) is 25.9 Å². The highest BCUT2D eigenvalue weighted by atomic mass is 32.1. The van der Waals surface area contributed by atoms with Gasteiger partial charge in [-0.3, -0.25) is 4.79 Å². The van der Waals surface area contributed by atoms with Gasteiger partial charge in [0.15, 0.2) is 5.96 Å². The molecule has 1 fully saturated rings. The van der Waals surface area contributed by atoms with Crippen LogP contribution >= 0.6 is 11.3 Å². The van der Waals surface area contributed by atoms with Gasteiger partial charge in [0.25, 0.3) is 0 Å². The summed E-state index contributed by atoms with van der Waals surface area (Å²) in [6, 6.07) is 2.53. The van der Waals surface area contributed by atoms with Crippen LogP contribution in [0.2, 0.25) is 0 Å². The van der Waals surface area contributed by atoms with E-state index >= 15 is 0 Å². The first-order chi connectivity index (χ1) is 10.2. The zero-order chi connectivity index (χ0) is 15.1. The molecule has 0 spiro atoms. The number of guanidine groups is 1. The lowest BCUT2D eigenvalue weighted by molar-refractivity contribution is -0.119. The molecule has 0 saturated heterocycles. The van der Waals surface area contributed by atoms with Gasteiger partial charge in [-0.15, -0.1) is 0 Å². The minimum atomic E-state index is 0.000543. The summed E-state index contributed by atoms with van der Waals surface area (Å²) in [5.41, 5.74) is 1.33. The maximum atomic E-state index is 11.7. The predicted molar refractivity (Wildman–Crippen MR) is 87.9 cm³/mol. The van der Waals surface area contributed by atoms with Crippen molar-refractivity contribution in [3.8, 4) is 0 Å². The van der Waals surface area contributed by atoms with Gasteiger partial charge in [-0.25, -0.2) is 4.99 Å². The number of amides is 1. The van der Waals surface area contributed by atoms with E-state index in [-0.39, 0.29) is 12.5 Å². The Labute approximate surface area is 130 Å². The highest BCUT2D eigenvalue weighted by molar-refractivity contribution is 7.07. The molecule has 116 valence electrons. The van der Waals surface area contributed by atoms with E-state index in [1.54, 1.807) is 11.3 Å². The van der Waals surface area contributed by atoms with E-state index in [0.29, 0.717) is 17.9 Å². The van der Waals surface area contributed by atoms with Crippen molar-refractivity contribution in [2.75, 3.05) is 19.6 Å². The number of carbonyl (C=O) groups is 1. The van der Waals surface area contributed by atoms with Gasteiger partial charge in [0.05, 0.1) is 0 Å². The second-order valence-electron chi connectivity index (χ2n) is 5.38. The fraction of sp³-hybridized carbons (Fsp3) is 0.600. The largest absolute Gasteiger partial charge is 0.357 e. The lowest BCUT2D eigenvalue weighted by Gasteiger charge is -2.15. The summed E-state index contributed by atoms with van der Waals surface area (Å²) >= 11 is 1.71. The van der Waals surface area contributed by atoms with Crippen LogP contribution in [0.15, 0.2) is 21.8 Å². The number of aliphatic imine (C=N–C) groups is 1. The number of thiophene rings is 1. The van der Waals surface area contributed by atoms with Crippen molar-refractivity contribution >= 4 is 23.2 Å². The van der Waals surface area contributed by atoms with Crippen molar-refractivity contribution in [3.05, 3.63) is 22.4 Å². The van der Waals surface area contributed by atoms with Crippen molar-refractivity contribution in [1.82, 2.24) is 16.0 Å². The molecule has 1 aliphatic rings. The van der Waals surface area contributed by atoms with Gasteiger partial charge in [-0.1, -0.05) is 6.92 Å². The van der Waals surface area contributed by atoms with E-state index in [1.165, 1.54) is 5.56 Å². The molecule has 2 rings (SSSR count). The molecule has 5 nitrogen and oxygen atoms in total. The average molecular weight is 308 g/mol. The van der Waals surface area contributed by atoms with Crippen molar-refractivity contribution < 1.29 is 4.79 Å². The molecular formula is C15H24N4OS. The number of carbonyl (C=O) groups excluding carboxylic acids is 1. The van der Waals surface area contributed by atoms with Crippen LogP contribution in [0.4, 0.5) is 0 Å². The molecule has 1 aromatic heterocycles. The van der Waals surface area contributed by atoms with Crippen LogP contribution in [-0.4, -0.2) is 37.5 Å². The van der Waals surface area contributed by atoms with E-state index in [4.69, 9.17) is 0 Å². The van der Waals surface area contributed by atoms with Crippen molar-refractivity contribution in [2.24, 2.45) is 4.99 Å². The summed E-state index contributed by atoms with van der Waals surface area (Å²) in [6.45, 7) is 5.95. The lowest BCUT2D eigenvalue weighted by Crippen LogP contribution is -2.40. The Bertz CT molecular complexity index is 468. The third-order valence-corrected chi connectivity index (χ3v) is 4.06. The highest BCUT2D eigenvalue weighted by Gasteiger charge is 2.22. The molecule has 1 atom stereocenters. The second kappa shape index (κ2) is 8.02. The molecule has 1 amide bonds. The van der Waals surface area contributed by atoms with Gasteiger partial charge < -0.3 is 16.0 Å². The number of hydrogen-bond acceptors (Lipinski definition) is 3. The second-order valence-corrected chi connectivity index (χ2v) is 6.16. The van der Waals surface area contributed by atoms with E-state index in [9.17, 15) is 4.79 Å². The molecule has 21 heavy (non-hydrogen) atoms. The molecule has 0 aromatic carbocycles. The maximum Gasteiger partial charge on any atom is 0.242 e. The third kappa shape index (κ3) is 5.75. The maximum absolute atomic E-state index is 11.7. The van der Waals surface area contributed by atoms with Gasteiger partial charge in [0.1, 0.15) is 6.54 Å². The summed E-state index contributed by atoms with van der Waals surface area (Å²) in [5, 5.41) is 13.7. The number of nitrogens with zero attached hydrogens (tertiary/aromatic N) is 1. The Morgan fingerprint density at radius 3 is 2.90 bits per heavy atom. The zero-order valence-corrected chi connectivity index (χ0v) is 13.5. The summed E-state index contributed by atoms with van der Waals surface area (Å²) in [6.07, 6.45) is 2.21. The van der Waals surface area contributed by atoms with E-state index < -0.39 is 0 Å². The first-order valence-electron chi connectivity index (χ1n) is 7.52. The van der Waals surface area contributed by atoms with Gasteiger partial charge >= 0.3 is 0 Å². The minimum absolute atomic E-state index is 0.000543. The van der Waals surface area contributed by atoms with Gasteiger partial charge in [0.2, 0.25) is 5.91 Å². The molecule has 3 N–H and O–H groups in total. The van der Waals surface area contributed by atoms with Crippen LogP contribution in [0.25, 0.3) is 0 Å². The summed E-state index contributed by atoms with van der Waals surface area (Å²) < 4.78 is 0. The van der Waals surface area contributed by atoms with Crippen molar-refractivity contribution in [1.29, 1.82) is 0 Å². The number of rotatable bonds is 7. The van der Waals surface area contributed by atoms with E-state index in [2.05, 4.69) is 44.7 Å². The Morgan fingerprint density at radius 1 is 1.48 bits per heavy atom. The van der Waals surface area contributed by atoms with Crippen LogP contribution in [0.5, 0.6) is 0 Å². The fourth-order valence-electron chi connectivity index (χ4n) is 1.92. The minimum Gasteiger partial charge on any atom is -0.357 e. The third-order valence-electron chi connectivity index (χ3n) is 3.36. The lowest BCUT2D eigenvalue weighted by atomic mass is 10.1. The highest BCUT2D eigenvalue weighted by Crippen LogP contribution is 2.18. The van der Waals surface area contributed by atoms with Crippen LogP contribution in [0, 0.1) is 0 Å². The average Bonchev–Trinajstić information content (AvgIpc) is 3.10. The predicted octanol–water partition coefficient (Wildman–Crippen LogP) is 1.69. The Kier molecular flexibility index (Phi) is 6.04. The van der Waals surface area contributed by atoms with Crippen molar-refractivity contribution in [3.63, 3.8) is 0 Å². The monoisotopic (exact) mass is 308 g/mol. The normalized spacial score (nSPS) is 16.4. The first kappa shape index (κ1) is 15.8. The molecule has 6 heteroatoms. The first-order valence-corrected chi connectivity index (χ1v) is 8.47.